The number of carboxylic acid groups (broad SMARTS) is 1. The van der Waals surface area contributed by atoms with E-state index in [0.29, 0.717) is 30.1 Å². The SMILES string of the molecule is C[C@H]1[C@H](C)CC[C@]2(C(=O)O)CC[C@]3(C)C(=CC[C@@H]4[C@@]5(C)C[C@H](O)[C@@H](O)C(C)(C)C5CC[C@]43C)[C@H]12. The van der Waals surface area contributed by atoms with Gasteiger partial charge in [0.2, 0.25) is 0 Å². The van der Waals surface area contributed by atoms with Gasteiger partial charge in [-0.2, -0.15) is 0 Å². The van der Waals surface area contributed by atoms with Gasteiger partial charge in [-0.05, 0) is 103 Å². The number of carboxylic acids is 1. The van der Waals surface area contributed by atoms with Crippen LogP contribution in [-0.2, 0) is 4.79 Å². The molecule has 34 heavy (non-hydrogen) atoms. The highest BCUT2D eigenvalue weighted by atomic mass is 16.4. The average Bonchev–Trinajstić information content (AvgIpc) is 2.75. The van der Waals surface area contributed by atoms with E-state index in [4.69, 9.17) is 0 Å². The Balaban J connectivity index is 1.62. The maximum Gasteiger partial charge on any atom is 0.310 e. The van der Waals surface area contributed by atoms with Crippen LogP contribution in [-0.4, -0.2) is 33.5 Å². The Morgan fingerprint density at radius 3 is 2.26 bits per heavy atom. The van der Waals surface area contributed by atoms with Crippen molar-refractivity contribution in [2.75, 3.05) is 0 Å². The van der Waals surface area contributed by atoms with Crippen molar-refractivity contribution in [2.24, 2.45) is 56.7 Å². The third-order valence-corrected chi connectivity index (χ3v) is 13.4. The molecule has 4 heteroatoms. The fraction of sp³-hybridized carbons (Fsp3) is 0.900. The highest BCUT2D eigenvalue weighted by molar-refractivity contribution is 5.76. The molecular weight excluding hydrogens is 424 g/mol. The van der Waals surface area contributed by atoms with E-state index in [9.17, 15) is 20.1 Å². The maximum atomic E-state index is 12.8. The van der Waals surface area contributed by atoms with Gasteiger partial charge >= 0.3 is 5.97 Å². The smallest absolute Gasteiger partial charge is 0.310 e. The highest BCUT2D eigenvalue weighted by Crippen LogP contribution is 2.75. The lowest BCUT2D eigenvalue weighted by Gasteiger charge is -2.71. The van der Waals surface area contributed by atoms with Gasteiger partial charge in [0.25, 0.3) is 0 Å². The third kappa shape index (κ3) is 2.76. The molecule has 4 nitrogen and oxygen atoms in total. The number of hydrogen-bond acceptors (Lipinski definition) is 3. The van der Waals surface area contributed by atoms with E-state index in [0.717, 1.165) is 44.9 Å². The van der Waals surface area contributed by atoms with Crippen LogP contribution in [0.5, 0.6) is 0 Å². The number of aliphatic hydroxyl groups excluding tert-OH is 2. The minimum Gasteiger partial charge on any atom is -0.481 e. The largest absolute Gasteiger partial charge is 0.481 e. The zero-order valence-electron chi connectivity index (χ0n) is 22.5. The first kappa shape index (κ1) is 24.8. The quantitative estimate of drug-likeness (QED) is 0.405. The van der Waals surface area contributed by atoms with Crippen LogP contribution in [0, 0.1) is 56.7 Å². The van der Waals surface area contributed by atoms with Crippen molar-refractivity contribution in [3.05, 3.63) is 11.6 Å². The van der Waals surface area contributed by atoms with Gasteiger partial charge in [0, 0.05) is 0 Å². The first-order valence-electron chi connectivity index (χ1n) is 14.0. The summed E-state index contributed by atoms with van der Waals surface area (Å²) in [5.41, 5.74) is 0.574. The van der Waals surface area contributed by atoms with Gasteiger partial charge in [-0.25, -0.2) is 0 Å². The average molecular weight is 473 g/mol. The van der Waals surface area contributed by atoms with Gasteiger partial charge in [0.15, 0.2) is 0 Å². The molecule has 0 spiro atoms. The Bertz CT molecular complexity index is 907. The zero-order valence-corrected chi connectivity index (χ0v) is 22.5. The summed E-state index contributed by atoms with van der Waals surface area (Å²) in [5.74, 6) is 1.30. The Labute approximate surface area is 206 Å². The summed E-state index contributed by atoms with van der Waals surface area (Å²) in [4.78, 5) is 12.8. The van der Waals surface area contributed by atoms with Crippen LogP contribution in [0.15, 0.2) is 11.6 Å². The van der Waals surface area contributed by atoms with Crippen LogP contribution >= 0.6 is 0 Å². The van der Waals surface area contributed by atoms with Crippen molar-refractivity contribution in [1.82, 2.24) is 0 Å². The standard InChI is InChI=1S/C30H48O4/c1-17-10-13-30(25(33)34)15-14-28(6)19(23(30)18(17)2)8-9-22-27(5)16-20(31)24(32)26(3,4)21(27)11-12-29(22,28)7/h8,17-18,20-24,31-32H,9-16H2,1-7H3,(H,33,34)/t17-,18+,20+,21?,22-,23+,24-,27+,28-,29-,30+/m1/s1. The van der Waals surface area contributed by atoms with Gasteiger partial charge in [-0.1, -0.05) is 60.1 Å². The molecule has 0 aromatic heterocycles. The van der Waals surface area contributed by atoms with Crippen LogP contribution in [0.1, 0.15) is 99.8 Å². The van der Waals surface area contributed by atoms with Crippen molar-refractivity contribution < 1.29 is 20.1 Å². The Hall–Kier alpha value is -0.870. The molecule has 5 aliphatic carbocycles. The molecule has 3 N–H and O–H groups in total. The fourth-order valence-electron chi connectivity index (χ4n) is 11.0. The van der Waals surface area contributed by atoms with Gasteiger partial charge in [-0.3, -0.25) is 4.79 Å². The minimum atomic E-state index is -0.679. The number of carbonyl (C=O) groups is 1. The maximum absolute atomic E-state index is 12.8. The van der Waals surface area contributed by atoms with E-state index >= 15 is 0 Å². The monoisotopic (exact) mass is 472 g/mol. The van der Waals surface area contributed by atoms with Gasteiger partial charge in [0.1, 0.15) is 0 Å². The normalized spacial score (nSPS) is 56.3. The predicted octanol–water partition coefficient (Wildman–Crippen LogP) is 6.06. The Kier molecular flexibility index (Phi) is 5.36. The summed E-state index contributed by atoms with van der Waals surface area (Å²) in [7, 11) is 0. The summed E-state index contributed by atoms with van der Waals surface area (Å²) >= 11 is 0. The molecule has 0 aromatic rings. The van der Waals surface area contributed by atoms with Crippen LogP contribution in [0.25, 0.3) is 0 Å². The van der Waals surface area contributed by atoms with Crippen LogP contribution < -0.4 is 0 Å². The molecule has 0 heterocycles. The summed E-state index contributed by atoms with van der Waals surface area (Å²) in [5, 5.41) is 32.4. The van der Waals surface area contributed by atoms with Crippen LogP contribution in [0.4, 0.5) is 0 Å². The topological polar surface area (TPSA) is 77.8 Å². The molecule has 11 atom stereocenters. The van der Waals surface area contributed by atoms with Crippen LogP contribution in [0.3, 0.4) is 0 Å². The van der Waals surface area contributed by atoms with E-state index in [2.05, 4.69) is 54.5 Å². The van der Waals surface area contributed by atoms with Crippen molar-refractivity contribution >= 4 is 5.97 Å². The van der Waals surface area contributed by atoms with Crippen molar-refractivity contribution in [2.45, 2.75) is 112 Å². The van der Waals surface area contributed by atoms with Gasteiger partial charge in [0.05, 0.1) is 17.6 Å². The molecule has 0 amide bonds. The second kappa shape index (κ2) is 7.34. The van der Waals surface area contributed by atoms with Gasteiger partial charge in [-0.15, -0.1) is 0 Å². The number of aliphatic carboxylic acids is 1. The van der Waals surface area contributed by atoms with Gasteiger partial charge < -0.3 is 15.3 Å². The molecule has 0 aromatic carbocycles. The van der Waals surface area contributed by atoms with E-state index < -0.39 is 23.6 Å². The molecule has 192 valence electrons. The van der Waals surface area contributed by atoms with E-state index in [-0.39, 0.29) is 27.6 Å². The number of aliphatic hydroxyl groups is 2. The molecule has 5 rings (SSSR count). The third-order valence-electron chi connectivity index (χ3n) is 13.4. The number of hydrogen-bond donors (Lipinski definition) is 3. The number of allylic oxidation sites excluding steroid dienone is 2. The second-order valence-corrected chi connectivity index (χ2v) is 14.6. The van der Waals surface area contributed by atoms with Crippen LogP contribution in [0.2, 0.25) is 0 Å². The summed E-state index contributed by atoms with van der Waals surface area (Å²) in [6, 6.07) is 0. The van der Waals surface area contributed by atoms with E-state index in [1.54, 1.807) is 0 Å². The summed E-state index contributed by atoms with van der Waals surface area (Å²) in [6.07, 6.45) is 8.53. The number of rotatable bonds is 1. The molecule has 5 aliphatic rings. The molecule has 1 unspecified atom stereocenters. The molecule has 4 fully saturated rings. The zero-order chi connectivity index (χ0) is 25.1. The minimum absolute atomic E-state index is 0.00993. The first-order valence-corrected chi connectivity index (χ1v) is 14.0. The summed E-state index contributed by atoms with van der Waals surface area (Å²) < 4.78 is 0. The molecular formula is C30H48O4. The Morgan fingerprint density at radius 1 is 0.941 bits per heavy atom. The molecule has 0 saturated heterocycles. The lowest BCUT2D eigenvalue weighted by atomic mass is 9.33. The highest BCUT2D eigenvalue weighted by Gasteiger charge is 2.70. The van der Waals surface area contributed by atoms with Crippen molar-refractivity contribution in [3.8, 4) is 0 Å². The molecule has 0 bridgehead atoms. The molecule has 0 aliphatic heterocycles. The van der Waals surface area contributed by atoms with Crippen molar-refractivity contribution in [1.29, 1.82) is 0 Å². The summed E-state index contributed by atoms with van der Waals surface area (Å²) in [6.45, 7) is 16.3. The molecule has 0 radical (unpaired) electrons. The Morgan fingerprint density at radius 2 is 1.62 bits per heavy atom. The lowest BCUT2D eigenvalue weighted by Crippen LogP contribution is -2.67. The van der Waals surface area contributed by atoms with Crippen molar-refractivity contribution in [3.63, 3.8) is 0 Å². The van der Waals surface area contributed by atoms with E-state index in [1.165, 1.54) is 5.57 Å². The lowest BCUT2D eigenvalue weighted by molar-refractivity contribution is -0.232. The van der Waals surface area contributed by atoms with E-state index in [1.807, 2.05) is 0 Å². The number of fused-ring (bicyclic) bond motifs is 7. The second-order valence-electron chi connectivity index (χ2n) is 14.6. The predicted molar refractivity (Wildman–Crippen MR) is 134 cm³/mol. The fourth-order valence-corrected chi connectivity index (χ4v) is 11.0. The first-order chi connectivity index (χ1) is 15.7. The molecule has 4 saturated carbocycles.